The fraction of sp³-hybridized carbons (Fsp3) is 0. The van der Waals surface area contributed by atoms with E-state index in [0.29, 0.717) is 11.4 Å². The topological polar surface area (TPSA) is 29.1 Å². The number of rotatable bonds is 3. The van der Waals surface area contributed by atoms with Gasteiger partial charge in [-0.15, -0.1) is 11.3 Å². The van der Waals surface area contributed by atoms with Crippen LogP contribution in [0.25, 0.3) is 20.5 Å². The van der Waals surface area contributed by atoms with Crippen LogP contribution in [0.4, 0.5) is 5.69 Å². The summed E-state index contributed by atoms with van der Waals surface area (Å²) >= 11 is 7.57. The van der Waals surface area contributed by atoms with Gasteiger partial charge in [0.15, 0.2) is 0 Å². The van der Waals surface area contributed by atoms with Gasteiger partial charge in [0.1, 0.15) is 0 Å². The average Bonchev–Trinajstić information content (AvgIpc) is 2.79. The molecule has 3 aromatic rings. The molecule has 0 aliphatic carbocycles. The van der Waals surface area contributed by atoms with Gasteiger partial charge in [-0.3, -0.25) is 4.79 Å². The van der Waals surface area contributed by atoms with Gasteiger partial charge < -0.3 is 5.32 Å². The molecule has 19 heavy (non-hydrogen) atoms. The van der Waals surface area contributed by atoms with Crippen LogP contribution in [0, 0.1) is 0 Å². The van der Waals surface area contributed by atoms with Crippen LogP contribution in [0.1, 0.15) is 0 Å². The third kappa shape index (κ3) is 2.23. The summed E-state index contributed by atoms with van der Waals surface area (Å²) < 4.78 is 1.15. The van der Waals surface area contributed by atoms with Crippen LogP contribution in [0.3, 0.4) is 0 Å². The van der Waals surface area contributed by atoms with E-state index < -0.39 is 0 Å². The van der Waals surface area contributed by atoms with Crippen molar-refractivity contribution in [3.05, 3.63) is 53.6 Å². The molecule has 0 saturated carbocycles. The van der Waals surface area contributed by atoms with Crippen LogP contribution in [-0.4, -0.2) is 6.41 Å². The first-order chi connectivity index (χ1) is 9.29. The number of hydrogen-bond donors (Lipinski definition) is 1. The molecule has 1 N–H and O–H groups in total. The quantitative estimate of drug-likeness (QED) is 0.690. The van der Waals surface area contributed by atoms with Crippen LogP contribution in [0.2, 0.25) is 5.02 Å². The van der Waals surface area contributed by atoms with Crippen molar-refractivity contribution in [1.82, 2.24) is 0 Å². The number of nitrogens with one attached hydrogen (secondary N) is 1. The van der Waals surface area contributed by atoms with Crippen molar-refractivity contribution in [2.45, 2.75) is 0 Å². The monoisotopic (exact) mass is 287 g/mol. The van der Waals surface area contributed by atoms with Gasteiger partial charge in [0.25, 0.3) is 0 Å². The van der Waals surface area contributed by atoms with Crippen LogP contribution in [-0.2, 0) is 4.79 Å². The van der Waals surface area contributed by atoms with E-state index in [1.54, 1.807) is 11.3 Å². The standard InChI is InChI=1S/C15H10ClNOS/c16-11-7-5-10(6-8-11)15-14(17-9-18)12-3-1-2-4-13(12)19-15/h1-9H,(H,17,18). The first-order valence-corrected chi connectivity index (χ1v) is 6.96. The summed E-state index contributed by atoms with van der Waals surface area (Å²) in [6.07, 6.45) is 0.716. The lowest BCUT2D eigenvalue weighted by Crippen LogP contribution is -1.93. The van der Waals surface area contributed by atoms with E-state index in [0.717, 1.165) is 26.2 Å². The lowest BCUT2D eigenvalue weighted by Gasteiger charge is -2.03. The highest BCUT2D eigenvalue weighted by molar-refractivity contribution is 7.23. The number of hydrogen-bond acceptors (Lipinski definition) is 2. The lowest BCUT2D eigenvalue weighted by atomic mass is 10.1. The summed E-state index contributed by atoms with van der Waals surface area (Å²) in [5.41, 5.74) is 1.91. The van der Waals surface area contributed by atoms with Gasteiger partial charge in [-0.1, -0.05) is 41.9 Å². The first kappa shape index (κ1) is 12.2. The predicted molar refractivity (Wildman–Crippen MR) is 82.0 cm³/mol. The lowest BCUT2D eigenvalue weighted by molar-refractivity contribution is -0.105. The van der Waals surface area contributed by atoms with Gasteiger partial charge in [-0.25, -0.2) is 0 Å². The fourth-order valence-electron chi connectivity index (χ4n) is 2.05. The van der Waals surface area contributed by atoms with Crippen molar-refractivity contribution in [3.8, 4) is 10.4 Å². The van der Waals surface area contributed by atoms with Crippen LogP contribution >= 0.6 is 22.9 Å². The molecule has 0 fully saturated rings. The Kier molecular flexibility index (Phi) is 3.23. The number of carbonyl (C=O) groups excluding carboxylic acids is 1. The molecule has 0 aliphatic heterocycles. The molecule has 0 atom stereocenters. The summed E-state index contributed by atoms with van der Waals surface area (Å²) in [5, 5.41) is 4.57. The molecule has 1 heterocycles. The number of carbonyl (C=O) groups is 1. The van der Waals surface area contributed by atoms with Crippen molar-refractivity contribution in [1.29, 1.82) is 0 Å². The Morgan fingerprint density at radius 3 is 2.53 bits per heavy atom. The summed E-state index contributed by atoms with van der Waals surface area (Å²) in [5.74, 6) is 0. The van der Waals surface area contributed by atoms with E-state index in [1.807, 2.05) is 42.5 Å². The number of fused-ring (bicyclic) bond motifs is 1. The second kappa shape index (κ2) is 5.03. The summed E-state index contributed by atoms with van der Waals surface area (Å²) in [6.45, 7) is 0. The molecule has 0 unspecified atom stereocenters. The van der Waals surface area contributed by atoms with Gasteiger partial charge >= 0.3 is 0 Å². The molecule has 3 rings (SSSR count). The van der Waals surface area contributed by atoms with Crippen LogP contribution < -0.4 is 5.32 Å². The second-order valence-corrected chi connectivity index (χ2v) is 5.56. The zero-order chi connectivity index (χ0) is 13.2. The first-order valence-electron chi connectivity index (χ1n) is 5.77. The minimum absolute atomic E-state index is 0.703. The number of benzene rings is 2. The van der Waals surface area contributed by atoms with E-state index >= 15 is 0 Å². The van der Waals surface area contributed by atoms with Gasteiger partial charge in [0, 0.05) is 15.1 Å². The summed E-state index contributed by atoms with van der Waals surface area (Å²) in [6, 6.07) is 15.7. The molecular weight excluding hydrogens is 278 g/mol. The minimum atomic E-state index is 0.703. The van der Waals surface area contributed by atoms with Crippen molar-refractivity contribution in [2.75, 3.05) is 5.32 Å². The van der Waals surface area contributed by atoms with E-state index in [1.165, 1.54) is 0 Å². The molecule has 94 valence electrons. The Balaban J connectivity index is 2.24. The van der Waals surface area contributed by atoms with Gasteiger partial charge in [-0.05, 0) is 23.8 Å². The molecule has 1 aromatic heterocycles. The molecule has 2 nitrogen and oxygen atoms in total. The van der Waals surface area contributed by atoms with Crippen molar-refractivity contribution in [3.63, 3.8) is 0 Å². The maximum absolute atomic E-state index is 10.8. The van der Waals surface area contributed by atoms with Crippen LogP contribution in [0.15, 0.2) is 48.5 Å². The SMILES string of the molecule is O=CNc1c(-c2ccc(Cl)cc2)sc2ccccc12. The van der Waals surface area contributed by atoms with Gasteiger partial charge in [0.05, 0.1) is 10.6 Å². The van der Waals surface area contributed by atoms with Crippen molar-refractivity contribution < 1.29 is 4.79 Å². The highest BCUT2D eigenvalue weighted by Gasteiger charge is 2.12. The molecule has 0 saturated heterocycles. The molecule has 0 radical (unpaired) electrons. The van der Waals surface area contributed by atoms with E-state index in [9.17, 15) is 4.79 Å². The zero-order valence-corrected chi connectivity index (χ0v) is 11.5. The highest BCUT2D eigenvalue weighted by atomic mass is 35.5. The summed E-state index contributed by atoms with van der Waals surface area (Å²) in [7, 11) is 0. The second-order valence-electron chi connectivity index (χ2n) is 4.07. The normalized spacial score (nSPS) is 10.6. The largest absolute Gasteiger partial charge is 0.327 e. The Morgan fingerprint density at radius 2 is 1.79 bits per heavy atom. The fourth-order valence-corrected chi connectivity index (χ4v) is 3.35. The zero-order valence-electron chi connectivity index (χ0n) is 9.89. The van der Waals surface area contributed by atoms with Crippen molar-refractivity contribution >= 4 is 45.1 Å². The highest BCUT2D eigenvalue weighted by Crippen LogP contribution is 2.42. The average molecular weight is 288 g/mol. The molecule has 1 amide bonds. The molecule has 2 aromatic carbocycles. The third-order valence-corrected chi connectivity index (χ3v) is 4.38. The third-order valence-electron chi connectivity index (χ3n) is 2.91. The van der Waals surface area contributed by atoms with Crippen molar-refractivity contribution in [2.24, 2.45) is 0 Å². The Morgan fingerprint density at radius 1 is 1.05 bits per heavy atom. The Labute approximate surface area is 119 Å². The maximum Gasteiger partial charge on any atom is 0.211 e. The van der Waals surface area contributed by atoms with E-state index in [-0.39, 0.29) is 0 Å². The van der Waals surface area contributed by atoms with Crippen LogP contribution in [0.5, 0.6) is 0 Å². The molecule has 4 heteroatoms. The van der Waals surface area contributed by atoms with Gasteiger partial charge in [0.2, 0.25) is 6.41 Å². The van der Waals surface area contributed by atoms with E-state index in [4.69, 9.17) is 11.6 Å². The minimum Gasteiger partial charge on any atom is -0.327 e. The number of halogens is 1. The number of amides is 1. The number of anilines is 1. The molecule has 0 bridgehead atoms. The predicted octanol–water partition coefficient (Wildman–Crippen LogP) is 4.79. The molecule has 0 aliphatic rings. The Bertz CT molecular complexity index is 733. The van der Waals surface area contributed by atoms with E-state index in [2.05, 4.69) is 11.4 Å². The molecular formula is C15H10ClNOS. The smallest absolute Gasteiger partial charge is 0.211 e. The Hall–Kier alpha value is -1.84. The number of thiophene rings is 1. The molecule has 0 spiro atoms. The summed E-state index contributed by atoms with van der Waals surface area (Å²) in [4.78, 5) is 11.9. The van der Waals surface area contributed by atoms with Gasteiger partial charge in [-0.2, -0.15) is 0 Å². The maximum atomic E-state index is 10.8.